The fraction of sp³-hybridized carbons (Fsp3) is 0.600. The van der Waals surface area contributed by atoms with Gasteiger partial charge in [0.25, 0.3) is 11.0 Å². The van der Waals surface area contributed by atoms with E-state index in [9.17, 15) is 14.9 Å². The molecule has 0 aromatic carbocycles. The fourth-order valence-corrected chi connectivity index (χ4v) is 2.41. The Hall–Kier alpha value is -2.42. The molecule has 1 amide bonds. The first-order valence-electron chi connectivity index (χ1n) is 8.01. The van der Waals surface area contributed by atoms with Crippen molar-refractivity contribution < 1.29 is 14.7 Å². The molecule has 1 saturated heterocycles. The number of amides is 1. The molecule has 132 valence electrons. The van der Waals surface area contributed by atoms with Gasteiger partial charge in [-0.1, -0.05) is 0 Å². The summed E-state index contributed by atoms with van der Waals surface area (Å²) in [6.07, 6.45) is 2.72. The topological polar surface area (TPSA) is 101 Å². The number of aromatic nitrogens is 1. The molecule has 1 fully saturated rings. The quantitative estimate of drug-likeness (QED) is 0.420. The van der Waals surface area contributed by atoms with Crippen LogP contribution in [0.3, 0.4) is 0 Å². The minimum absolute atomic E-state index is 0.0458. The molecule has 1 aromatic rings. The third kappa shape index (κ3) is 5.65. The molecule has 9 heteroatoms. The molecule has 2 rings (SSSR count). The van der Waals surface area contributed by atoms with Crippen LogP contribution in [0.4, 0.5) is 5.82 Å². The SMILES string of the molecule is CN1CCN(c2ccc(C(=O)NCCCCO[N+](=O)[O-])cn2)CC1. The fourth-order valence-electron chi connectivity index (χ4n) is 2.41. The summed E-state index contributed by atoms with van der Waals surface area (Å²) in [7, 11) is 2.10. The summed E-state index contributed by atoms with van der Waals surface area (Å²) in [6.45, 7) is 4.36. The van der Waals surface area contributed by atoms with Crippen molar-refractivity contribution in [1.29, 1.82) is 0 Å². The van der Waals surface area contributed by atoms with Crippen LogP contribution >= 0.6 is 0 Å². The highest BCUT2D eigenvalue weighted by atomic mass is 16.9. The Balaban J connectivity index is 1.72. The molecular weight excluding hydrogens is 314 g/mol. The number of nitrogens with one attached hydrogen (secondary N) is 1. The second kappa shape index (κ2) is 9.02. The van der Waals surface area contributed by atoms with Crippen LogP contribution in [0.5, 0.6) is 0 Å². The minimum Gasteiger partial charge on any atom is -0.354 e. The molecule has 1 N–H and O–H groups in total. The zero-order valence-electron chi connectivity index (χ0n) is 13.8. The summed E-state index contributed by atoms with van der Waals surface area (Å²) in [6, 6.07) is 3.64. The molecule has 0 aliphatic carbocycles. The Labute approximate surface area is 140 Å². The third-order valence-corrected chi connectivity index (χ3v) is 3.89. The number of piperazine rings is 1. The van der Waals surface area contributed by atoms with Crippen molar-refractivity contribution in [3.63, 3.8) is 0 Å². The van der Waals surface area contributed by atoms with E-state index in [1.54, 1.807) is 12.3 Å². The summed E-state index contributed by atoms with van der Waals surface area (Å²) in [5.74, 6) is 0.694. The van der Waals surface area contributed by atoms with Gasteiger partial charge in [-0.3, -0.25) is 4.79 Å². The number of hydrogen-bond acceptors (Lipinski definition) is 7. The summed E-state index contributed by atoms with van der Waals surface area (Å²) in [4.78, 5) is 35.0. The van der Waals surface area contributed by atoms with E-state index in [4.69, 9.17) is 0 Å². The van der Waals surface area contributed by atoms with Crippen molar-refractivity contribution in [3.8, 4) is 0 Å². The maximum atomic E-state index is 12.0. The Kier molecular flexibility index (Phi) is 6.74. The second-order valence-electron chi connectivity index (χ2n) is 5.72. The van der Waals surface area contributed by atoms with Crippen LogP contribution in [-0.2, 0) is 4.84 Å². The van der Waals surface area contributed by atoms with Crippen molar-refractivity contribution in [2.45, 2.75) is 12.8 Å². The van der Waals surface area contributed by atoms with Crippen LogP contribution < -0.4 is 10.2 Å². The summed E-state index contributed by atoms with van der Waals surface area (Å²) in [5, 5.41) is 11.9. The molecule has 9 nitrogen and oxygen atoms in total. The number of carbonyl (C=O) groups is 1. The van der Waals surface area contributed by atoms with Gasteiger partial charge in [-0.25, -0.2) is 4.98 Å². The van der Waals surface area contributed by atoms with Gasteiger partial charge in [0.1, 0.15) is 5.82 Å². The van der Waals surface area contributed by atoms with Crippen molar-refractivity contribution in [2.24, 2.45) is 0 Å². The highest BCUT2D eigenvalue weighted by molar-refractivity contribution is 5.94. The monoisotopic (exact) mass is 337 g/mol. The van der Waals surface area contributed by atoms with Crippen molar-refractivity contribution in [2.75, 3.05) is 51.3 Å². The molecule has 0 spiro atoms. The number of pyridine rings is 1. The lowest BCUT2D eigenvalue weighted by Gasteiger charge is -2.33. The standard InChI is InChI=1S/C15H23N5O4/c1-18-7-9-19(10-8-18)14-5-4-13(12-17-14)15(21)16-6-2-3-11-24-20(22)23/h4-5,12H,2-3,6-11H2,1H3,(H,16,21). The number of rotatable bonds is 8. The van der Waals surface area contributed by atoms with Crippen LogP contribution in [-0.4, -0.2) is 67.3 Å². The Morgan fingerprint density at radius 2 is 2.08 bits per heavy atom. The number of likely N-dealkylation sites (N-methyl/N-ethyl adjacent to an activating group) is 1. The number of anilines is 1. The van der Waals surface area contributed by atoms with Crippen LogP contribution in [0.25, 0.3) is 0 Å². The van der Waals surface area contributed by atoms with Gasteiger partial charge in [0, 0.05) is 38.9 Å². The van der Waals surface area contributed by atoms with Gasteiger partial charge in [0.05, 0.1) is 12.2 Å². The first-order chi connectivity index (χ1) is 11.6. The van der Waals surface area contributed by atoms with Gasteiger partial charge in [-0.2, -0.15) is 0 Å². The van der Waals surface area contributed by atoms with E-state index in [0.717, 1.165) is 32.0 Å². The van der Waals surface area contributed by atoms with E-state index < -0.39 is 5.09 Å². The maximum absolute atomic E-state index is 12.0. The van der Waals surface area contributed by atoms with Crippen LogP contribution in [0.1, 0.15) is 23.2 Å². The molecule has 24 heavy (non-hydrogen) atoms. The zero-order chi connectivity index (χ0) is 17.4. The Morgan fingerprint density at radius 1 is 1.33 bits per heavy atom. The van der Waals surface area contributed by atoms with Gasteiger partial charge in [0.15, 0.2) is 0 Å². The van der Waals surface area contributed by atoms with Crippen molar-refractivity contribution in [3.05, 3.63) is 34.0 Å². The van der Waals surface area contributed by atoms with Crippen molar-refractivity contribution in [1.82, 2.24) is 15.2 Å². The predicted molar refractivity (Wildman–Crippen MR) is 88.5 cm³/mol. The number of carbonyl (C=O) groups excluding carboxylic acids is 1. The highest BCUT2D eigenvalue weighted by Gasteiger charge is 2.15. The molecule has 1 aliphatic rings. The van der Waals surface area contributed by atoms with Gasteiger partial charge in [-0.15, -0.1) is 10.1 Å². The first kappa shape index (κ1) is 17.9. The maximum Gasteiger partial charge on any atom is 0.294 e. The Bertz CT molecular complexity index is 543. The highest BCUT2D eigenvalue weighted by Crippen LogP contribution is 2.13. The average Bonchev–Trinajstić information content (AvgIpc) is 2.58. The van der Waals surface area contributed by atoms with E-state index in [1.165, 1.54) is 0 Å². The van der Waals surface area contributed by atoms with Gasteiger partial charge in [-0.05, 0) is 32.0 Å². The molecular formula is C15H23N5O4. The predicted octanol–water partition coefficient (Wildman–Crippen LogP) is 0.552. The zero-order valence-corrected chi connectivity index (χ0v) is 13.8. The lowest BCUT2D eigenvalue weighted by molar-refractivity contribution is -0.757. The lowest BCUT2D eigenvalue weighted by atomic mass is 10.2. The van der Waals surface area contributed by atoms with Gasteiger partial charge in [0.2, 0.25) is 0 Å². The van der Waals surface area contributed by atoms with E-state index in [0.29, 0.717) is 24.9 Å². The molecule has 0 atom stereocenters. The molecule has 1 aliphatic heterocycles. The third-order valence-electron chi connectivity index (χ3n) is 3.89. The van der Waals surface area contributed by atoms with E-state index in [-0.39, 0.29) is 12.5 Å². The molecule has 2 heterocycles. The summed E-state index contributed by atoms with van der Waals surface area (Å²) in [5.41, 5.74) is 0.509. The largest absolute Gasteiger partial charge is 0.354 e. The van der Waals surface area contributed by atoms with Gasteiger partial charge < -0.3 is 20.0 Å². The van der Waals surface area contributed by atoms with Crippen LogP contribution in [0, 0.1) is 10.1 Å². The first-order valence-corrected chi connectivity index (χ1v) is 8.01. The molecule has 0 unspecified atom stereocenters. The summed E-state index contributed by atoms with van der Waals surface area (Å²) >= 11 is 0. The smallest absolute Gasteiger partial charge is 0.294 e. The van der Waals surface area contributed by atoms with E-state index >= 15 is 0 Å². The number of unbranched alkanes of at least 4 members (excludes halogenated alkanes) is 1. The molecule has 0 saturated carbocycles. The number of nitrogens with zero attached hydrogens (tertiary/aromatic N) is 4. The van der Waals surface area contributed by atoms with E-state index in [1.807, 2.05) is 6.07 Å². The minimum atomic E-state index is -0.813. The number of hydrogen-bond donors (Lipinski definition) is 1. The molecule has 0 bridgehead atoms. The Morgan fingerprint density at radius 3 is 2.71 bits per heavy atom. The average molecular weight is 337 g/mol. The second-order valence-corrected chi connectivity index (χ2v) is 5.72. The molecule has 1 aromatic heterocycles. The van der Waals surface area contributed by atoms with Crippen molar-refractivity contribution >= 4 is 11.7 Å². The molecule has 0 radical (unpaired) electrons. The van der Waals surface area contributed by atoms with Crippen LogP contribution in [0.2, 0.25) is 0 Å². The summed E-state index contributed by atoms with van der Waals surface area (Å²) < 4.78 is 0. The van der Waals surface area contributed by atoms with Crippen LogP contribution in [0.15, 0.2) is 18.3 Å². The normalized spacial score (nSPS) is 15.1. The lowest BCUT2D eigenvalue weighted by Crippen LogP contribution is -2.44. The van der Waals surface area contributed by atoms with E-state index in [2.05, 4.69) is 32.0 Å². The van der Waals surface area contributed by atoms with Gasteiger partial charge >= 0.3 is 0 Å².